The van der Waals surface area contributed by atoms with Gasteiger partial charge in [-0.15, -0.1) is 11.3 Å². The summed E-state index contributed by atoms with van der Waals surface area (Å²) in [5.74, 6) is 4.12. The minimum atomic E-state index is 0.359. The Morgan fingerprint density at radius 2 is 1.00 bits per heavy atom. The van der Waals surface area contributed by atoms with Crippen molar-refractivity contribution < 1.29 is 4.42 Å². The van der Waals surface area contributed by atoms with Crippen molar-refractivity contribution in [2.24, 2.45) is 0 Å². The topological polar surface area (TPSA) is 126 Å². The molecule has 12 rings (SSSR count). The fourth-order valence-corrected chi connectivity index (χ4v) is 8.62. The first-order chi connectivity index (χ1) is 38.0. The van der Waals surface area contributed by atoms with Gasteiger partial charge in [0, 0.05) is 82.2 Å². The quantitative estimate of drug-likeness (QED) is 0.153. The number of nitrogens with zero attached hydrogens (tertiary/aromatic N) is 10. The van der Waals surface area contributed by atoms with Crippen molar-refractivity contribution in [3.63, 3.8) is 0 Å². The van der Waals surface area contributed by atoms with E-state index in [9.17, 15) is 0 Å². The van der Waals surface area contributed by atoms with Gasteiger partial charge in [-0.3, -0.25) is 19.3 Å². The molecular formula is C67H80N10OS. The lowest BCUT2D eigenvalue weighted by Crippen LogP contribution is -2.01. The van der Waals surface area contributed by atoms with Crippen LogP contribution in [0.3, 0.4) is 0 Å². The lowest BCUT2D eigenvalue weighted by Gasteiger charge is -2.05. The van der Waals surface area contributed by atoms with Gasteiger partial charge in [0.05, 0.1) is 38.0 Å². The highest BCUT2D eigenvalue weighted by atomic mass is 32.1. The predicted molar refractivity (Wildman–Crippen MR) is 332 cm³/mol. The lowest BCUT2D eigenvalue weighted by molar-refractivity contribution is 0.501. The molecule has 0 bridgehead atoms. The van der Waals surface area contributed by atoms with Crippen molar-refractivity contribution in [2.45, 2.75) is 139 Å². The van der Waals surface area contributed by atoms with E-state index >= 15 is 0 Å². The van der Waals surface area contributed by atoms with Crippen molar-refractivity contribution in [3.05, 3.63) is 217 Å². The molecule has 0 amide bonds. The van der Waals surface area contributed by atoms with Crippen LogP contribution in [0.4, 0.5) is 0 Å². The number of rotatable bonds is 7. The maximum Gasteiger partial charge on any atom is 0.198 e. The number of aromatic nitrogens is 10. The van der Waals surface area contributed by atoms with E-state index in [1.54, 1.807) is 23.7 Å². The van der Waals surface area contributed by atoms with E-state index in [1.165, 1.54) is 37.1 Å². The molecule has 7 aromatic heterocycles. The number of oxazole rings is 1. The summed E-state index contributed by atoms with van der Waals surface area (Å²) in [5.41, 5.74) is 8.66. The predicted octanol–water partition coefficient (Wildman–Crippen LogP) is 18.8. The van der Waals surface area contributed by atoms with Gasteiger partial charge in [-0.2, -0.15) is 10.2 Å². The molecule has 0 saturated heterocycles. The van der Waals surface area contributed by atoms with Crippen LogP contribution in [0.15, 0.2) is 193 Å². The largest absolute Gasteiger partial charge is 0.440 e. The van der Waals surface area contributed by atoms with Crippen LogP contribution in [0.1, 0.15) is 167 Å². The second kappa shape index (κ2) is 30.3. The van der Waals surface area contributed by atoms with Crippen molar-refractivity contribution >= 4 is 65.4 Å². The molecule has 7 heterocycles. The molecule has 12 aromatic rings. The van der Waals surface area contributed by atoms with Gasteiger partial charge in [-0.1, -0.05) is 160 Å². The molecule has 0 aliphatic carbocycles. The lowest BCUT2D eigenvalue weighted by atomic mass is 10.1. The molecule has 11 nitrogen and oxygen atoms in total. The van der Waals surface area contributed by atoms with Gasteiger partial charge >= 0.3 is 0 Å². The third-order valence-corrected chi connectivity index (χ3v) is 13.5. The highest BCUT2D eigenvalue weighted by Crippen LogP contribution is 2.27. The average molecular weight is 1070 g/mol. The van der Waals surface area contributed by atoms with Crippen LogP contribution in [-0.4, -0.2) is 49.5 Å². The standard InChI is InChI=1S/C12H13N.2C10H12N2.C10H11NO.C10H11NS.C8H11N.C7H10N2/c1-9(2)11-8-7-10-5-3-4-6-12(10)13-11;1-8(2)12-7-9-5-3-4-6-10(9)11-12;1-8(2)12-10-6-4-3-5-9(10)7-11-12;2*1-7(2)10-11-8-5-3-4-6-9(8)12-10;1-7(2)8-5-3-4-6-9-8;1-6(2)7-8-4-3-5-9-7/h3-9H,1-2H3;2*3-8H,1-2H3;2*3-7H,1-2H3;3-7H,1-2H3;3-6H,1-2H3. The highest BCUT2D eigenvalue weighted by molar-refractivity contribution is 7.18. The summed E-state index contributed by atoms with van der Waals surface area (Å²) in [6.45, 7) is 29.8. The summed E-state index contributed by atoms with van der Waals surface area (Å²) in [7, 11) is 0. The number of hydrogen-bond donors (Lipinski definition) is 0. The highest BCUT2D eigenvalue weighted by Gasteiger charge is 2.09. The first-order valence-corrected chi connectivity index (χ1v) is 28.4. The third kappa shape index (κ3) is 18.3. The van der Waals surface area contributed by atoms with Gasteiger partial charge in [-0.25, -0.2) is 19.9 Å². The zero-order valence-electron chi connectivity index (χ0n) is 48.7. The van der Waals surface area contributed by atoms with Gasteiger partial charge in [0.1, 0.15) is 11.3 Å². The summed E-state index contributed by atoms with van der Waals surface area (Å²) in [4.78, 5) is 25.8. The van der Waals surface area contributed by atoms with E-state index in [4.69, 9.17) is 4.42 Å². The van der Waals surface area contributed by atoms with Crippen molar-refractivity contribution in [2.75, 3.05) is 0 Å². The van der Waals surface area contributed by atoms with E-state index in [1.807, 2.05) is 119 Å². The molecule has 0 atom stereocenters. The monoisotopic (exact) mass is 1070 g/mol. The average Bonchev–Trinajstić information content (AvgIpc) is 4.32. The summed E-state index contributed by atoms with van der Waals surface area (Å²) in [5, 5.41) is 13.6. The molecule has 5 aromatic carbocycles. The zero-order chi connectivity index (χ0) is 56.8. The van der Waals surface area contributed by atoms with Gasteiger partial charge in [-0.05, 0) is 106 Å². The van der Waals surface area contributed by atoms with Crippen molar-refractivity contribution in [1.29, 1.82) is 0 Å². The summed E-state index contributed by atoms with van der Waals surface area (Å²) >= 11 is 1.79. The molecule has 79 heavy (non-hydrogen) atoms. The Balaban J connectivity index is 0.000000149. The molecule has 410 valence electrons. The summed E-state index contributed by atoms with van der Waals surface area (Å²) in [6, 6.07) is 53.7. The molecule has 0 saturated carbocycles. The number of hydrogen-bond acceptors (Lipinski definition) is 10. The van der Waals surface area contributed by atoms with E-state index in [0.717, 1.165) is 45.1 Å². The minimum Gasteiger partial charge on any atom is -0.440 e. The summed E-state index contributed by atoms with van der Waals surface area (Å²) < 4.78 is 10.8. The van der Waals surface area contributed by atoms with Gasteiger partial charge in [0.25, 0.3) is 0 Å². The van der Waals surface area contributed by atoms with Gasteiger partial charge < -0.3 is 4.42 Å². The molecular weight excluding hydrogens is 993 g/mol. The maximum absolute atomic E-state index is 5.52. The smallest absolute Gasteiger partial charge is 0.198 e. The van der Waals surface area contributed by atoms with Crippen LogP contribution in [-0.2, 0) is 0 Å². The summed E-state index contributed by atoms with van der Waals surface area (Å²) in [6.07, 6.45) is 9.36. The maximum atomic E-state index is 5.52. The molecule has 0 unspecified atom stereocenters. The molecule has 0 N–H and O–H groups in total. The Hall–Kier alpha value is -7.96. The number of fused-ring (bicyclic) bond motifs is 5. The van der Waals surface area contributed by atoms with E-state index in [-0.39, 0.29) is 0 Å². The van der Waals surface area contributed by atoms with Crippen LogP contribution in [0.2, 0.25) is 0 Å². The molecule has 0 spiro atoms. The Labute approximate surface area is 472 Å². The molecule has 0 radical (unpaired) electrons. The minimum absolute atomic E-state index is 0.359. The van der Waals surface area contributed by atoms with Crippen LogP contribution < -0.4 is 0 Å². The third-order valence-electron chi connectivity index (χ3n) is 12.2. The normalized spacial score (nSPS) is 10.9. The van der Waals surface area contributed by atoms with E-state index in [2.05, 4.69) is 204 Å². The van der Waals surface area contributed by atoms with Crippen molar-refractivity contribution in [3.8, 4) is 0 Å². The van der Waals surface area contributed by atoms with Crippen LogP contribution in [0.5, 0.6) is 0 Å². The van der Waals surface area contributed by atoms with Gasteiger partial charge in [0.2, 0.25) is 0 Å². The van der Waals surface area contributed by atoms with Crippen LogP contribution >= 0.6 is 11.3 Å². The first-order valence-electron chi connectivity index (χ1n) is 27.6. The van der Waals surface area contributed by atoms with Crippen LogP contribution in [0.25, 0.3) is 54.0 Å². The molecule has 0 fully saturated rings. The molecule has 12 heteroatoms. The second-order valence-corrected chi connectivity index (χ2v) is 22.2. The Bertz CT molecular complexity index is 3310. The van der Waals surface area contributed by atoms with Crippen LogP contribution in [0, 0.1) is 0 Å². The first kappa shape index (κ1) is 60.3. The number of thiazole rings is 1. The van der Waals surface area contributed by atoms with Crippen molar-refractivity contribution in [1.82, 2.24) is 49.5 Å². The van der Waals surface area contributed by atoms with E-state index in [0.29, 0.717) is 41.7 Å². The second-order valence-electron chi connectivity index (χ2n) is 21.1. The Kier molecular flexibility index (Phi) is 23.1. The Morgan fingerprint density at radius 1 is 0.418 bits per heavy atom. The number of para-hydroxylation sites is 5. The van der Waals surface area contributed by atoms with E-state index < -0.39 is 0 Å². The molecule has 0 aliphatic rings. The number of benzene rings is 5. The fraction of sp³-hybridized carbons (Fsp3) is 0.313. The fourth-order valence-electron chi connectivity index (χ4n) is 7.66. The SMILES string of the molecule is CC(C)c1ccc2ccccc2n1.CC(C)c1ccccn1.CC(C)c1nc2ccccc2o1.CC(C)c1nc2ccccc2s1.CC(C)c1ncccn1.CC(C)n1cc2ccccc2n1.CC(C)n1ncc2ccccc21. The molecule has 0 aliphatic heterocycles. The Morgan fingerprint density at radius 3 is 1.56 bits per heavy atom. The number of pyridine rings is 2. The van der Waals surface area contributed by atoms with Gasteiger partial charge in [0.15, 0.2) is 11.5 Å². The zero-order valence-corrected chi connectivity index (χ0v) is 49.5.